The number of aromatic nitrogens is 2. The molecule has 1 atom stereocenters. The van der Waals surface area contributed by atoms with Crippen LogP contribution in [0.25, 0.3) is 0 Å². The van der Waals surface area contributed by atoms with Crippen LogP contribution in [0.1, 0.15) is 24.4 Å². The van der Waals surface area contributed by atoms with E-state index in [-0.39, 0.29) is 6.04 Å². The lowest BCUT2D eigenvalue weighted by molar-refractivity contribution is 0.588. The minimum atomic E-state index is 0.0856. The van der Waals surface area contributed by atoms with Crippen molar-refractivity contribution in [2.75, 3.05) is 7.05 Å². The molecular weight excluding hydrogens is 358 g/mol. The van der Waals surface area contributed by atoms with Crippen LogP contribution in [0.5, 0.6) is 0 Å². The molecule has 0 saturated carbocycles. The van der Waals surface area contributed by atoms with Crippen molar-refractivity contribution in [3.63, 3.8) is 0 Å². The lowest BCUT2D eigenvalue weighted by Gasteiger charge is -2.19. The first-order valence-corrected chi connectivity index (χ1v) is 7.39. The molecule has 0 radical (unpaired) electrons. The van der Waals surface area contributed by atoms with Gasteiger partial charge >= 0.3 is 0 Å². The number of nitrogens with zero attached hydrogens (tertiary/aromatic N) is 2. The van der Waals surface area contributed by atoms with Crippen LogP contribution >= 0.6 is 31.9 Å². The van der Waals surface area contributed by atoms with E-state index in [1.807, 2.05) is 25.5 Å². The lowest BCUT2D eigenvalue weighted by Crippen LogP contribution is -2.22. The first-order chi connectivity index (χ1) is 8.67. The fourth-order valence-electron chi connectivity index (χ4n) is 2.01. The number of halogens is 2. The molecule has 0 bridgehead atoms. The van der Waals surface area contributed by atoms with E-state index in [4.69, 9.17) is 0 Å². The number of rotatable bonds is 4. The molecule has 0 fully saturated rings. The van der Waals surface area contributed by atoms with E-state index >= 15 is 0 Å². The first-order valence-electron chi connectivity index (χ1n) is 5.80. The molecule has 0 aliphatic rings. The molecule has 3 nitrogen and oxygen atoms in total. The summed E-state index contributed by atoms with van der Waals surface area (Å²) < 4.78 is 4.28. The third-order valence-electron chi connectivity index (χ3n) is 2.91. The fraction of sp³-hybridized carbons (Fsp3) is 0.308. The third-order valence-corrected chi connectivity index (χ3v) is 4.09. The Morgan fingerprint density at radius 3 is 2.78 bits per heavy atom. The minimum absolute atomic E-state index is 0.0856. The number of imidazole rings is 1. The van der Waals surface area contributed by atoms with E-state index in [0.29, 0.717) is 0 Å². The van der Waals surface area contributed by atoms with Crippen LogP contribution in [0, 0.1) is 0 Å². The van der Waals surface area contributed by atoms with Crippen molar-refractivity contribution in [1.82, 2.24) is 14.9 Å². The van der Waals surface area contributed by atoms with Gasteiger partial charge < -0.3 is 9.88 Å². The molecule has 96 valence electrons. The van der Waals surface area contributed by atoms with Crippen molar-refractivity contribution < 1.29 is 0 Å². The number of nitrogens with one attached hydrogen (secondary N) is 1. The molecule has 1 aromatic heterocycles. The summed E-state index contributed by atoms with van der Waals surface area (Å²) in [5.41, 5.74) is 1.18. The summed E-state index contributed by atoms with van der Waals surface area (Å²) in [4.78, 5) is 4.47. The van der Waals surface area contributed by atoms with Crippen molar-refractivity contribution >= 4 is 31.9 Å². The summed E-state index contributed by atoms with van der Waals surface area (Å²) >= 11 is 7.09. The van der Waals surface area contributed by atoms with Crippen molar-refractivity contribution in [1.29, 1.82) is 0 Å². The van der Waals surface area contributed by atoms with Crippen molar-refractivity contribution in [3.8, 4) is 0 Å². The van der Waals surface area contributed by atoms with Crippen LogP contribution in [0.4, 0.5) is 0 Å². The van der Waals surface area contributed by atoms with Crippen LogP contribution in [0.2, 0.25) is 0 Å². The van der Waals surface area contributed by atoms with Crippen molar-refractivity contribution in [2.45, 2.75) is 19.5 Å². The zero-order chi connectivity index (χ0) is 13.1. The molecule has 0 saturated heterocycles. The van der Waals surface area contributed by atoms with Crippen molar-refractivity contribution in [2.24, 2.45) is 0 Å². The summed E-state index contributed by atoms with van der Waals surface area (Å²) in [6.45, 7) is 3.04. The molecule has 1 aromatic carbocycles. The van der Waals surface area contributed by atoms with Gasteiger partial charge in [0.1, 0.15) is 5.82 Å². The molecule has 18 heavy (non-hydrogen) atoms. The lowest BCUT2D eigenvalue weighted by atomic mass is 10.1. The number of benzene rings is 1. The Bertz CT molecular complexity index is 537. The van der Waals surface area contributed by atoms with Gasteiger partial charge in [0.15, 0.2) is 0 Å². The SMILES string of the molecule is CCn1ccnc1C(NC)c1ccc(Br)cc1Br. The average molecular weight is 373 g/mol. The molecule has 5 heteroatoms. The zero-order valence-corrected chi connectivity index (χ0v) is 13.5. The maximum atomic E-state index is 4.47. The van der Waals surface area contributed by atoms with Crippen LogP contribution in [0.15, 0.2) is 39.5 Å². The normalized spacial score (nSPS) is 12.7. The summed E-state index contributed by atoms with van der Waals surface area (Å²) in [6, 6.07) is 6.29. The first kappa shape index (κ1) is 13.8. The van der Waals surface area contributed by atoms with Crippen LogP contribution in [0.3, 0.4) is 0 Å². The van der Waals surface area contributed by atoms with Gasteiger partial charge in [-0.1, -0.05) is 37.9 Å². The van der Waals surface area contributed by atoms with Gasteiger partial charge in [0.2, 0.25) is 0 Å². The fourth-order valence-corrected chi connectivity index (χ4v) is 3.28. The Kier molecular flexibility index (Phi) is 4.59. The second kappa shape index (κ2) is 5.99. The highest BCUT2D eigenvalue weighted by Crippen LogP contribution is 2.30. The van der Waals surface area contributed by atoms with Gasteiger partial charge in [-0.05, 0) is 31.7 Å². The minimum Gasteiger partial charge on any atom is -0.334 e. The molecule has 1 unspecified atom stereocenters. The molecule has 1 heterocycles. The summed E-state index contributed by atoms with van der Waals surface area (Å²) in [7, 11) is 1.95. The highest BCUT2D eigenvalue weighted by atomic mass is 79.9. The second-order valence-electron chi connectivity index (χ2n) is 3.96. The third kappa shape index (κ3) is 2.68. The van der Waals surface area contributed by atoms with Crippen LogP contribution in [-0.4, -0.2) is 16.6 Å². The molecule has 2 rings (SSSR count). The Labute approximate surface area is 124 Å². The van der Waals surface area contributed by atoms with E-state index < -0.39 is 0 Å². The predicted octanol–water partition coefficient (Wildman–Crippen LogP) is 3.74. The van der Waals surface area contributed by atoms with Crippen LogP contribution in [-0.2, 0) is 6.54 Å². The van der Waals surface area contributed by atoms with E-state index in [1.165, 1.54) is 5.56 Å². The molecule has 2 aromatic rings. The highest BCUT2D eigenvalue weighted by Gasteiger charge is 2.19. The summed E-state index contributed by atoms with van der Waals surface area (Å²) in [6.07, 6.45) is 3.85. The largest absolute Gasteiger partial charge is 0.334 e. The van der Waals surface area contributed by atoms with Gasteiger partial charge in [-0.2, -0.15) is 0 Å². The zero-order valence-electron chi connectivity index (χ0n) is 10.3. The van der Waals surface area contributed by atoms with E-state index in [1.54, 1.807) is 0 Å². The summed E-state index contributed by atoms with van der Waals surface area (Å²) in [5, 5.41) is 3.33. The van der Waals surface area contributed by atoms with Gasteiger partial charge in [-0.25, -0.2) is 4.98 Å². The van der Waals surface area contributed by atoms with E-state index in [2.05, 4.69) is 65.8 Å². The molecule has 0 aliphatic heterocycles. The topological polar surface area (TPSA) is 29.9 Å². The maximum Gasteiger partial charge on any atom is 0.130 e. The van der Waals surface area contributed by atoms with Crippen molar-refractivity contribution in [3.05, 3.63) is 50.9 Å². The highest BCUT2D eigenvalue weighted by molar-refractivity contribution is 9.11. The Balaban J connectivity index is 2.45. The monoisotopic (exact) mass is 371 g/mol. The molecule has 0 aliphatic carbocycles. The Morgan fingerprint density at radius 2 is 2.17 bits per heavy atom. The number of aryl methyl sites for hydroxylation is 1. The maximum absolute atomic E-state index is 4.47. The molecule has 0 spiro atoms. The van der Waals surface area contributed by atoms with Gasteiger partial charge in [-0.3, -0.25) is 0 Å². The standard InChI is InChI=1S/C13H15Br2N3/c1-3-18-7-6-17-13(18)12(16-2)10-5-4-9(14)8-11(10)15/h4-8,12,16H,3H2,1-2H3. The quantitative estimate of drug-likeness (QED) is 0.885. The molecular formula is C13H15Br2N3. The number of hydrogen-bond acceptors (Lipinski definition) is 2. The van der Waals surface area contributed by atoms with Gasteiger partial charge in [0.05, 0.1) is 6.04 Å². The van der Waals surface area contributed by atoms with Gasteiger partial charge in [-0.15, -0.1) is 0 Å². The second-order valence-corrected chi connectivity index (χ2v) is 5.73. The number of hydrogen-bond donors (Lipinski definition) is 1. The molecule has 0 amide bonds. The average Bonchev–Trinajstić information content (AvgIpc) is 2.81. The Hall–Kier alpha value is -0.650. The van der Waals surface area contributed by atoms with Crippen LogP contribution < -0.4 is 5.32 Å². The summed E-state index contributed by atoms with van der Waals surface area (Å²) in [5.74, 6) is 1.03. The van der Waals surface area contributed by atoms with E-state index in [9.17, 15) is 0 Å². The van der Waals surface area contributed by atoms with E-state index in [0.717, 1.165) is 21.3 Å². The molecule has 1 N–H and O–H groups in total. The van der Waals surface area contributed by atoms with Gasteiger partial charge in [0, 0.05) is 27.9 Å². The Morgan fingerprint density at radius 1 is 1.39 bits per heavy atom. The van der Waals surface area contributed by atoms with Gasteiger partial charge in [0.25, 0.3) is 0 Å². The smallest absolute Gasteiger partial charge is 0.130 e. The predicted molar refractivity (Wildman–Crippen MR) is 80.6 cm³/mol.